The first-order chi connectivity index (χ1) is 8.75. The second kappa shape index (κ2) is 6.43. The molecule has 0 radical (unpaired) electrons. The van der Waals surface area contributed by atoms with Gasteiger partial charge in [0.25, 0.3) is 0 Å². The van der Waals surface area contributed by atoms with Crippen molar-refractivity contribution in [2.24, 2.45) is 5.92 Å². The topological polar surface area (TPSA) is 29.5 Å². The Hall–Kier alpha value is -1.51. The van der Waals surface area contributed by atoms with Crippen LogP contribution in [-0.4, -0.2) is 24.1 Å². The highest BCUT2D eigenvalue weighted by atomic mass is 16.6. The van der Waals surface area contributed by atoms with Crippen molar-refractivity contribution < 1.29 is 9.53 Å². The largest absolute Gasteiger partial charge is 0.445 e. The first-order valence-corrected chi connectivity index (χ1v) is 6.71. The van der Waals surface area contributed by atoms with Crippen molar-refractivity contribution in [1.82, 2.24) is 4.90 Å². The summed E-state index contributed by atoms with van der Waals surface area (Å²) in [5.41, 5.74) is 1.04. The van der Waals surface area contributed by atoms with E-state index in [0.717, 1.165) is 37.4 Å². The summed E-state index contributed by atoms with van der Waals surface area (Å²) < 4.78 is 5.35. The summed E-state index contributed by atoms with van der Waals surface area (Å²) >= 11 is 0. The molecule has 3 heteroatoms. The number of nitrogens with zero attached hydrogens (tertiary/aromatic N) is 1. The van der Waals surface area contributed by atoms with Crippen LogP contribution in [0.25, 0.3) is 0 Å². The minimum atomic E-state index is -0.173. The minimum absolute atomic E-state index is 0.173. The third-order valence-electron chi connectivity index (χ3n) is 3.48. The van der Waals surface area contributed by atoms with Crippen molar-refractivity contribution in [1.29, 1.82) is 0 Å². The lowest BCUT2D eigenvalue weighted by Gasteiger charge is -2.19. The number of rotatable bonds is 2. The lowest BCUT2D eigenvalue weighted by Crippen LogP contribution is -2.32. The van der Waals surface area contributed by atoms with E-state index in [9.17, 15) is 4.79 Å². The second-order valence-electron chi connectivity index (χ2n) is 5.06. The molecule has 98 valence electrons. The van der Waals surface area contributed by atoms with Gasteiger partial charge in [-0.3, -0.25) is 0 Å². The molecular weight excluding hydrogens is 226 g/mol. The number of hydrogen-bond donors (Lipinski definition) is 0. The van der Waals surface area contributed by atoms with E-state index in [2.05, 4.69) is 6.92 Å². The summed E-state index contributed by atoms with van der Waals surface area (Å²) in [5.74, 6) is 0.719. The summed E-state index contributed by atoms with van der Waals surface area (Å²) in [6, 6.07) is 9.81. The number of amides is 1. The molecule has 1 saturated heterocycles. The molecular formula is C15H21NO2. The van der Waals surface area contributed by atoms with Crippen LogP contribution in [0.4, 0.5) is 4.79 Å². The van der Waals surface area contributed by atoms with Gasteiger partial charge in [-0.25, -0.2) is 4.79 Å². The number of hydrogen-bond acceptors (Lipinski definition) is 2. The highest BCUT2D eigenvalue weighted by molar-refractivity contribution is 5.67. The molecule has 1 unspecified atom stereocenters. The molecule has 1 amide bonds. The quantitative estimate of drug-likeness (QED) is 0.801. The van der Waals surface area contributed by atoms with Crippen molar-refractivity contribution in [2.45, 2.75) is 32.8 Å². The molecule has 0 bridgehead atoms. The molecule has 1 fully saturated rings. The van der Waals surface area contributed by atoms with Crippen molar-refractivity contribution >= 4 is 6.09 Å². The van der Waals surface area contributed by atoms with E-state index in [1.54, 1.807) is 0 Å². The average Bonchev–Trinajstić information content (AvgIpc) is 2.62. The predicted molar refractivity (Wildman–Crippen MR) is 71.2 cm³/mol. The van der Waals surface area contributed by atoms with E-state index >= 15 is 0 Å². The zero-order chi connectivity index (χ0) is 12.8. The van der Waals surface area contributed by atoms with Gasteiger partial charge in [0.15, 0.2) is 0 Å². The van der Waals surface area contributed by atoms with E-state index < -0.39 is 0 Å². The molecule has 18 heavy (non-hydrogen) atoms. The van der Waals surface area contributed by atoms with Gasteiger partial charge in [-0.05, 0) is 30.7 Å². The Balaban J connectivity index is 1.80. The second-order valence-corrected chi connectivity index (χ2v) is 5.06. The monoisotopic (exact) mass is 247 g/mol. The Bertz CT molecular complexity index is 377. The van der Waals surface area contributed by atoms with Crippen molar-refractivity contribution in [2.75, 3.05) is 13.1 Å². The molecule has 1 heterocycles. The summed E-state index contributed by atoms with van der Waals surface area (Å²) in [7, 11) is 0. The number of ether oxygens (including phenoxy) is 1. The lowest BCUT2D eigenvalue weighted by molar-refractivity contribution is 0.0971. The van der Waals surface area contributed by atoms with Gasteiger partial charge >= 0.3 is 6.09 Å². The molecule has 0 N–H and O–H groups in total. The Labute approximate surface area is 109 Å². The standard InChI is InChI=1S/C15H21NO2/c1-13-6-5-10-16(11-9-13)15(17)18-12-14-7-3-2-4-8-14/h2-4,7-8,13H,5-6,9-12H2,1H3. The van der Waals surface area contributed by atoms with E-state index in [0.29, 0.717) is 6.61 Å². The summed E-state index contributed by atoms with van der Waals surface area (Å²) in [5, 5.41) is 0. The highest BCUT2D eigenvalue weighted by Gasteiger charge is 2.19. The first-order valence-electron chi connectivity index (χ1n) is 6.71. The Morgan fingerprint density at radius 2 is 2.06 bits per heavy atom. The maximum atomic E-state index is 11.9. The molecule has 1 aromatic carbocycles. The Kier molecular flexibility index (Phi) is 4.62. The van der Waals surface area contributed by atoms with Crippen LogP contribution in [-0.2, 0) is 11.3 Å². The molecule has 2 rings (SSSR count). The van der Waals surface area contributed by atoms with Crippen LogP contribution in [0.15, 0.2) is 30.3 Å². The van der Waals surface area contributed by atoms with Gasteiger partial charge < -0.3 is 9.64 Å². The molecule has 1 atom stereocenters. The lowest BCUT2D eigenvalue weighted by atomic mass is 10.0. The van der Waals surface area contributed by atoms with Gasteiger partial charge in [-0.15, -0.1) is 0 Å². The smallest absolute Gasteiger partial charge is 0.410 e. The number of carbonyl (C=O) groups is 1. The fourth-order valence-corrected chi connectivity index (χ4v) is 2.26. The van der Waals surface area contributed by atoms with E-state index in [-0.39, 0.29) is 6.09 Å². The third-order valence-corrected chi connectivity index (χ3v) is 3.48. The van der Waals surface area contributed by atoms with Crippen molar-refractivity contribution in [3.05, 3.63) is 35.9 Å². The molecule has 1 aromatic rings. The summed E-state index contributed by atoms with van der Waals surface area (Å²) in [6.45, 7) is 4.28. The zero-order valence-corrected chi connectivity index (χ0v) is 11.0. The average molecular weight is 247 g/mol. The van der Waals surface area contributed by atoms with E-state index in [1.165, 1.54) is 6.42 Å². The van der Waals surface area contributed by atoms with Crippen LogP contribution in [0.5, 0.6) is 0 Å². The van der Waals surface area contributed by atoms with Gasteiger partial charge in [0.05, 0.1) is 0 Å². The zero-order valence-electron chi connectivity index (χ0n) is 11.0. The molecule has 0 spiro atoms. The SMILES string of the molecule is CC1CCCN(C(=O)OCc2ccccc2)CC1. The number of likely N-dealkylation sites (tertiary alicyclic amines) is 1. The van der Waals surface area contributed by atoms with Crippen LogP contribution >= 0.6 is 0 Å². The molecule has 0 saturated carbocycles. The van der Waals surface area contributed by atoms with Crippen molar-refractivity contribution in [3.8, 4) is 0 Å². The number of carbonyl (C=O) groups excluding carboxylic acids is 1. The highest BCUT2D eigenvalue weighted by Crippen LogP contribution is 2.17. The normalized spacial score (nSPS) is 20.3. The van der Waals surface area contributed by atoms with Gasteiger partial charge in [-0.2, -0.15) is 0 Å². The molecule has 1 aliphatic heterocycles. The van der Waals surface area contributed by atoms with Gasteiger partial charge in [0, 0.05) is 13.1 Å². The van der Waals surface area contributed by atoms with Crippen molar-refractivity contribution in [3.63, 3.8) is 0 Å². The number of benzene rings is 1. The van der Waals surface area contributed by atoms with Gasteiger partial charge in [0.2, 0.25) is 0 Å². The summed E-state index contributed by atoms with van der Waals surface area (Å²) in [6.07, 6.45) is 3.21. The van der Waals surface area contributed by atoms with Crippen LogP contribution in [0, 0.1) is 5.92 Å². The maximum Gasteiger partial charge on any atom is 0.410 e. The van der Waals surface area contributed by atoms with Crippen LogP contribution < -0.4 is 0 Å². The molecule has 3 nitrogen and oxygen atoms in total. The van der Waals surface area contributed by atoms with Gasteiger partial charge in [0.1, 0.15) is 6.61 Å². The molecule has 0 aliphatic carbocycles. The molecule has 0 aromatic heterocycles. The van der Waals surface area contributed by atoms with Crippen LogP contribution in [0.1, 0.15) is 31.7 Å². The third kappa shape index (κ3) is 3.76. The summed E-state index contributed by atoms with van der Waals surface area (Å²) in [4.78, 5) is 13.8. The fourth-order valence-electron chi connectivity index (χ4n) is 2.26. The minimum Gasteiger partial charge on any atom is -0.445 e. The van der Waals surface area contributed by atoms with E-state index in [4.69, 9.17) is 4.74 Å². The van der Waals surface area contributed by atoms with Crippen LogP contribution in [0.3, 0.4) is 0 Å². The van der Waals surface area contributed by atoms with Crippen LogP contribution in [0.2, 0.25) is 0 Å². The Morgan fingerprint density at radius 1 is 1.28 bits per heavy atom. The predicted octanol–water partition coefficient (Wildman–Crippen LogP) is 3.45. The maximum absolute atomic E-state index is 11.9. The van der Waals surface area contributed by atoms with Gasteiger partial charge in [-0.1, -0.05) is 37.3 Å². The fraction of sp³-hybridized carbons (Fsp3) is 0.533. The first kappa shape index (κ1) is 12.9. The Morgan fingerprint density at radius 3 is 2.83 bits per heavy atom. The molecule has 1 aliphatic rings. The van der Waals surface area contributed by atoms with E-state index in [1.807, 2.05) is 35.2 Å².